The minimum absolute atomic E-state index is 0.268. The largest absolute Gasteiger partial charge is 0.497 e. The number of methoxy groups -OCH3 is 1. The Hall–Kier alpha value is -3.75. The van der Waals surface area contributed by atoms with Gasteiger partial charge in [-0.3, -0.25) is 4.79 Å². The molecule has 1 aliphatic heterocycles. The Kier molecular flexibility index (Phi) is 9.16. The van der Waals surface area contributed by atoms with Gasteiger partial charge in [0.2, 0.25) is 5.91 Å². The van der Waals surface area contributed by atoms with Crippen molar-refractivity contribution in [2.75, 3.05) is 33.3 Å². The monoisotopic (exact) mass is 496 g/mol. The third kappa shape index (κ3) is 8.18. The van der Waals surface area contributed by atoms with Gasteiger partial charge in [-0.1, -0.05) is 42.5 Å². The number of urea groups is 1. The summed E-state index contributed by atoms with van der Waals surface area (Å²) in [6.45, 7) is 7.25. The maximum absolute atomic E-state index is 13.1. The first-order valence-corrected chi connectivity index (χ1v) is 12.1. The van der Waals surface area contributed by atoms with Crippen molar-refractivity contribution in [1.29, 1.82) is 0 Å². The summed E-state index contributed by atoms with van der Waals surface area (Å²) in [6.07, 6.45) is -0.0266. The molecule has 0 unspecified atom stereocenters. The zero-order chi connectivity index (χ0) is 26.1. The number of hydrogen-bond donors (Lipinski definition) is 2. The number of nitrogens with one attached hydrogen (secondary N) is 2. The number of hydrogen-bond acceptors (Lipinski definition) is 5. The molecule has 36 heavy (non-hydrogen) atoms. The zero-order valence-corrected chi connectivity index (χ0v) is 21.5. The molecule has 9 nitrogen and oxygen atoms in total. The lowest BCUT2D eigenvalue weighted by Gasteiger charge is -2.36. The van der Waals surface area contributed by atoms with Crippen molar-refractivity contribution >= 4 is 18.0 Å². The van der Waals surface area contributed by atoms with Crippen molar-refractivity contribution in [3.63, 3.8) is 0 Å². The second-order valence-corrected chi connectivity index (χ2v) is 9.71. The highest BCUT2D eigenvalue weighted by atomic mass is 16.6. The van der Waals surface area contributed by atoms with E-state index >= 15 is 0 Å². The fourth-order valence-corrected chi connectivity index (χ4v) is 3.77. The van der Waals surface area contributed by atoms with Gasteiger partial charge < -0.3 is 29.9 Å². The number of benzene rings is 2. The average molecular weight is 497 g/mol. The van der Waals surface area contributed by atoms with Gasteiger partial charge in [0.1, 0.15) is 17.4 Å². The zero-order valence-electron chi connectivity index (χ0n) is 21.5. The van der Waals surface area contributed by atoms with Gasteiger partial charge in [-0.05, 0) is 44.0 Å². The van der Waals surface area contributed by atoms with Gasteiger partial charge in [-0.15, -0.1) is 0 Å². The van der Waals surface area contributed by atoms with Crippen LogP contribution >= 0.6 is 0 Å². The van der Waals surface area contributed by atoms with E-state index in [2.05, 4.69) is 10.6 Å². The van der Waals surface area contributed by atoms with E-state index in [4.69, 9.17) is 9.47 Å². The molecule has 0 radical (unpaired) electrons. The van der Waals surface area contributed by atoms with Crippen molar-refractivity contribution in [3.8, 4) is 5.75 Å². The number of rotatable bonds is 7. The number of nitrogens with zero attached hydrogens (tertiary/aromatic N) is 2. The standard InChI is InChI=1S/C27H36N4O5/c1-27(2,3)36-26(34)31-16-14-30(15-17-31)25(33)29-23(18-20-8-6-5-7-9-20)24(32)28-19-21-10-12-22(35-4)13-11-21/h5-13,23H,14-19H2,1-4H3,(H,28,32)(H,29,33)/t23-/m1/s1. The second-order valence-electron chi connectivity index (χ2n) is 9.71. The summed E-state index contributed by atoms with van der Waals surface area (Å²) in [5, 5.41) is 5.82. The molecule has 2 N–H and O–H groups in total. The predicted octanol–water partition coefficient (Wildman–Crippen LogP) is 3.19. The lowest BCUT2D eigenvalue weighted by Crippen LogP contribution is -2.57. The molecule has 0 aromatic heterocycles. The summed E-state index contributed by atoms with van der Waals surface area (Å²) < 4.78 is 10.6. The van der Waals surface area contributed by atoms with E-state index in [0.29, 0.717) is 39.1 Å². The maximum atomic E-state index is 13.1. The third-order valence-electron chi connectivity index (χ3n) is 5.74. The fourth-order valence-electron chi connectivity index (χ4n) is 3.77. The number of piperazine rings is 1. The van der Waals surface area contributed by atoms with Crippen LogP contribution in [0.5, 0.6) is 5.75 Å². The van der Waals surface area contributed by atoms with Crippen molar-refractivity contribution in [1.82, 2.24) is 20.4 Å². The van der Waals surface area contributed by atoms with E-state index in [1.165, 1.54) is 0 Å². The van der Waals surface area contributed by atoms with Crippen LogP contribution in [0.3, 0.4) is 0 Å². The first kappa shape index (κ1) is 26.8. The molecule has 2 aromatic carbocycles. The molecule has 0 aliphatic carbocycles. The second kappa shape index (κ2) is 12.3. The summed E-state index contributed by atoms with van der Waals surface area (Å²) in [5.41, 5.74) is 1.29. The number of amides is 4. The van der Waals surface area contributed by atoms with Gasteiger partial charge in [0, 0.05) is 39.1 Å². The molecule has 194 valence electrons. The molecule has 1 heterocycles. The van der Waals surface area contributed by atoms with Crippen LogP contribution in [-0.4, -0.2) is 72.8 Å². The minimum Gasteiger partial charge on any atom is -0.497 e. The summed E-state index contributed by atoms with van der Waals surface area (Å²) in [5.74, 6) is 0.474. The van der Waals surface area contributed by atoms with E-state index in [-0.39, 0.29) is 18.0 Å². The number of carbonyl (C=O) groups is 3. The van der Waals surface area contributed by atoms with Crippen LogP contribution in [0.1, 0.15) is 31.9 Å². The van der Waals surface area contributed by atoms with Gasteiger partial charge in [0.05, 0.1) is 7.11 Å². The normalized spacial score (nSPS) is 14.6. The van der Waals surface area contributed by atoms with Crippen molar-refractivity contribution in [3.05, 3.63) is 65.7 Å². The molecule has 0 bridgehead atoms. The molecule has 0 saturated carbocycles. The van der Waals surface area contributed by atoms with Gasteiger partial charge in [-0.25, -0.2) is 9.59 Å². The SMILES string of the molecule is COc1ccc(CNC(=O)[C@@H](Cc2ccccc2)NC(=O)N2CCN(C(=O)OC(C)(C)C)CC2)cc1. The average Bonchev–Trinajstić information content (AvgIpc) is 2.87. The molecule has 4 amide bonds. The van der Waals surface area contributed by atoms with E-state index in [1.807, 2.05) is 75.4 Å². The van der Waals surface area contributed by atoms with Gasteiger partial charge in [0.25, 0.3) is 0 Å². The van der Waals surface area contributed by atoms with Crippen LogP contribution in [0, 0.1) is 0 Å². The van der Waals surface area contributed by atoms with Crippen molar-refractivity contribution in [2.24, 2.45) is 0 Å². The topological polar surface area (TPSA) is 100 Å². The van der Waals surface area contributed by atoms with Crippen LogP contribution in [0.15, 0.2) is 54.6 Å². The predicted molar refractivity (Wildman–Crippen MR) is 137 cm³/mol. The smallest absolute Gasteiger partial charge is 0.410 e. The Morgan fingerprint density at radius 3 is 2.08 bits per heavy atom. The summed E-state index contributed by atoms with van der Waals surface area (Å²) in [4.78, 5) is 41.7. The lowest BCUT2D eigenvalue weighted by atomic mass is 10.1. The van der Waals surface area contributed by atoms with E-state index in [9.17, 15) is 14.4 Å². The van der Waals surface area contributed by atoms with E-state index in [1.54, 1.807) is 16.9 Å². The molecule has 3 rings (SSSR count). The van der Waals surface area contributed by atoms with Crippen LogP contribution < -0.4 is 15.4 Å². The van der Waals surface area contributed by atoms with Gasteiger partial charge in [0.15, 0.2) is 0 Å². The Balaban J connectivity index is 1.59. The first-order chi connectivity index (χ1) is 17.1. The minimum atomic E-state index is -0.748. The molecule has 1 atom stereocenters. The molecule has 2 aromatic rings. The lowest BCUT2D eigenvalue weighted by molar-refractivity contribution is -0.123. The molecule has 1 saturated heterocycles. The van der Waals surface area contributed by atoms with Crippen molar-refractivity contribution < 1.29 is 23.9 Å². The van der Waals surface area contributed by atoms with Gasteiger partial charge in [-0.2, -0.15) is 0 Å². The van der Waals surface area contributed by atoms with Crippen LogP contribution in [0.2, 0.25) is 0 Å². The highest BCUT2D eigenvalue weighted by molar-refractivity contribution is 5.87. The highest BCUT2D eigenvalue weighted by Gasteiger charge is 2.29. The number of carbonyl (C=O) groups excluding carboxylic acids is 3. The Labute approximate surface area is 212 Å². The summed E-state index contributed by atoms with van der Waals surface area (Å²) in [6, 6.07) is 15.9. The first-order valence-electron chi connectivity index (χ1n) is 12.1. The molecule has 0 spiro atoms. The van der Waals surface area contributed by atoms with Crippen LogP contribution in [0.25, 0.3) is 0 Å². The number of ether oxygens (including phenoxy) is 2. The molecule has 1 fully saturated rings. The quantitative estimate of drug-likeness (QED) is 0.613. The maximum Gasteiger partial charge on any atom is 0.410 e. The molecular formula is C27H36N4O5. The molecular weight excluding hydrogens is 460 g/mol. The van der Waals surface area contributed by atoms with Crippen LogP contribution in [0.4, 0.5) is 9.59 Å². The fraction of sp³-hybridized carbons (Fsp3) is 0.444. The summed E-state index contributed by atoms with van der Waals surface area (Å²) in [7, 11) is 1.60. The van der Waals surface area contributed by atoms with Gasteiger partial charge >= 0.3 is 12.1 Å². The Morgan fingerprint density at radius 1 is 0.889 bits per heavy atom. The molecule has 9 heteroatoms. The Bertz CT molecular complexity index is 1010. The van der Waals surface area contributed by atoms with Crippen LogP contribution in [-0.2, 0) is 22.5 Å². The van der Waals surface area contributed by atoms with E-state index < -0.39 is 11.6 Å². The van der Waals surface area contributed by atoms with Crippen molar-refractivity contribution in [2.45, 2.75) is 45.4 Å². The summed E-state index contributed by atoms with van der Waals surface area (Å²) >= 11 is 0. The third-order valence-corrected chi connectivity index (χ3v) is 5.74. The van der Waals surface area contributed by atoms with E-state index in [0.717, 1.165) is 16.9 Å². The Morgan fingerprint density at radius 2 is 1.50 bits per heavy atom. The molecule has 1 aliphatic rings. The highest BCUT2D eigenvalue weighted by Crippen LogP contribution is 2.13.